The molecule has 1 saturated heterocycles. The zero-order valence-electron chi connectivity index (χ0n) is 22.8. The van der Waals surface area contributed by atoms with E-state index >= 15 is 0 Å². The number of halogens is 2. The summed E-state index contributed by atoms with van der Waals surface area (Å²) in [5.41, 5.74) is 0.953. The quantitative estimate of drug-likeness (QED) is 0.574. The first-order valence-corrected chi connectivity index (χ1v) is 13.0. The monoisotopic (exact) mass is 533 g/mol. The fourth-order valence-electron chi connectivity index (χ4n) is 5.63. The molecule has 208 valence electrons. The number of benzene rings is 1. The van der Waals surface area contributed by atoms with E-state index in [0.29, 0.717) is 31.9 Å². The Balaban J connectivity index is 1.62. The van der Waals surface area contributed by atoms with E-state index in [-0.39, 0.29) is 30.2 Å². The molecule has 0 unspecified atom stereocenters. The highest BCUT2D eigenvalue weighted by Gasteiger charge is 2.46. The Morgan fingerprint density at radius 1 is 1.26 bits per heavy atom. The molecule has 1 aromatic heterocycles. The average Bonchev–Trinajstić information content (AvgIpc) is 3.37. The van der Waals surface area contributed by atoms with Gasteiger partial charge in [0.05, 0.1) is 24.0 Å². The zero-order valence-corrected chi connectivity index (χ0v) is 22.8. The fraction of sp³-hybridized carbons (Fsp3) is 0.593. The third-order valence-electron chi connectivity index (χ3n) is 7.17. The number of rotatable bonds is 6. The molecule has 9 nitrogen and oxygen atoms in total. The van der Waals surface area contributed by atoms with Crippen molar-refractivity contribution in [3.8, 4) is 0 Å². The molecular formula is C27H37F2N5O4. The van der Waals surface area contributed by atoms with Gasteiger partial charge in [-0.15, -0.1) is 0 Å². The smallest absolute Gasteiger partial charge is 0.408 e. The van der Waals surface area contributed by atoms with Crippen molar-refractivity contribution in [2.24, 2.45) is 0 Å². The SMILES string of the molecule is CCn1c(C(=O)NC(C)C)nc2c1CN([C@H]1CO[C@H](c3cc(F)ccc3F)[C@@H](N(C(=O)O)C(C)(C)C)C1)C2. The Morgan fingerprint density at radius 2 is 1.97 bits per heavy atom. The summed E-state index contributed by atoms with van der Waals surface area (Å²) in [6, 6.07) is 2.20. The summed E-state index contributed by atoms with van der Waals surface area (Å²) >= 11 is 0. The maximum Gasteiger partial charge on any atom is 0.408 e. The molecular weight excluding hydrogens is 496 g/mol. The van der Waals surface area contributed by atoms with Gasteiger partial charge in [-0.3, -0.25) is 14.6 Å². The van der Waals surface area contributed by atoms with E-state index in [0.717, 1.165) is 29.6 Å². The second kappa shape index (κ2) is 10.6. The van der Waals surface area contributed by atoms with Crippen LogP contribution < -0.4 is 5.32 Å². The largest absolute Gasteiger partial charge is 0.465 e. The van der Waals surface area contributed by atoms with Gasteiger partial charge in [-0.25, -0.2) is 18.6 Å². The predicted molar refractivity (Wildman–Crippen MR) is 137 cm³/mol. The Kier molecular flexibility index (Phi) is 7.81. The summed E-state index contributed by atoms with van der Waals surface area (Å²) in [6.45, 7) is 12.9. The number of carboxylic acid groups (broad SMARTS) is 1. The van der Waals surface area contributed by atoms with E-state index in [1.165, 1.54) is 4.90 Å². The molecule has 1 fully saturated rings. The van der Waals surface area contributed by atoms with Crippen molar-refractivity contribution in [3.05, 3.63) is 52.6 Å². The van der Waals surface area contributed by atoms with Crippen LogP contribution in [0.5, 0.6) is 0 Å². The van der Waals surface area contributed by atoms with Gasteiger partial charge in [-0.2, -0.15) is 0 Å². The molecule has 2 N–H and O–H groups in total. The molecule has 11 heteroatoms. The number of carbonyl (C=O) groups excluding carboxylic acids is 1. The molecule has 0 aliphatic carbocycles. The number of nitrogens with zero attached hydrogens (tertiary/aromatic N) is 4. The standard InChI is InChI=1S/C27H37F2N5O4/c1-7-33-22-13-32(12-20(22)31-24(33)25(35)30-15(2)3)17-11-21(34(26(36)37)27(4,5)6)23(38-14-17)18-10-16(28)8-9-19(18)29/h8-10,15,17,21,23H,7,11-14H2,1-6H3,(H,30,35)(H,36,37)/t17-,21+,23-/m1/s1. The van der Waals surface area contributed by atoms with Crippen molar-refractivity contribution in [2.45, 2.75) is 97.4 Å². The minimum Gasteiger partial charge on any atom is -0.465 e. The normalized spacial score (nSPS) is 22.0. The van der Waals surface area contributed by atoms with Crippen LogP contribution in [0.3, 0.4) is 0 Å². The number of imidazole rings is 1. The zero-order chi connectivity index (χ0) is 27.9. The summed E-state index contributed by atoms with van der Waals surface area (Å²) in [5.74, 6) is -1.08. The van der Waals surface area contributed by atoms with Gasteiger partial charge < -0.3 is 19.7 Å². The lowest BCUT2D eigenvalue weighted by Gasteiger charge is -2.48. The molecule has 1 aromatic carbocycles. The third-order valence-corrected chi connectivity index (χ3v) is 7.17. The Hall–Kier alpha value is -3.05. The summed E-state index contributed by atoms with van der Waals surface area (Å²) in [6.07, 6.45) is -1.75. The highest BCUT2D eigenvalue weighted by atomic mass is 19.1. The average molecular weight is 534 g/mol. The molecule has 2 aliphatic heterocycles. The Labute approximate surface area is 221 Å². The Morgan fingerprint density at radius 3 is 2.58 bits per heavy atom. The highest BCUT2D eigenvalue weighted by molar-refractivity contribution is 5.91. The topological polar surface area (TPSA) is 99.9 Å². The van der Waals surface area contributed by atoms with Crippen molar-refractivity contribution in [1.82, 2.24) is 24.7 Å². The highest BCUT2D eigenvalue weighted by Crippen LogP contribution is 2.39. The molecule has 2 aliphatic rings. The van der Waals surface area contributed by atoms with E-state index in [1.807, 2.05) is 25.3 Å². The minimum atomic E-state index is -1.15. The number of hydrogen-bond acceptors (Lipinski definition) is 5. The number of amides is 2. The van der Waals surface area contributed by atoms with Gasteiger partial charge in [0.15, 0.2) is 5.82 Å². The fourth-order valence-corrected chi connectivity index (χ4v) is 5.63. The summed E-state index contributed by atoms with van der Waals surface area (Å²) in [5, 5.41) is 13.1. The maximum atomic E-state index is 14.8. The second-order valence-electron chi connectivity index (χ2n) is 11.3. The van der Waals surface area contributed by atoms with Crippen molar-refractivity contribution < 1.29 is 28.2 Å². The van der Waals surface area contributed by atoms with E-state index in [1.54, 1.807) is 20.8 Å². The van der Waals surface area contributed by atoms with E-state index in [2.05, 4.69) is 15.2 Å². The van der Waals surface area contributed by atoms with Gasteiger partial charge in [0, 0.05) is 42.8 Å². The van der Waals surface area contributed by atoms with Crippen LogP contribution in [-0.2, 0) is 24.4 Å². The molecule has 0 saturated carbocycles. The van der Waals surface area contributed by atoms with Crippen molar-refractivity contribution >= 4 is 12.0 Å². The van der Waals surface area contributed by atoms with Crippen LogP contribution in [-0.4, -0.2) is 66.7 Å². The lowest BCUT2D eigenvalue weighted by molar-refractivity contribution is -0.103. The molecule has 2 aromatic rings. The van der Waals surface area contributed by atoms with Crippen molar-refractivity contribution in [2.75, 3.05) is 6.61 Å². The minimum absolute atomic E-state index is 0.00792. The molecule has 2 amide bonds. The first kappa shape index (κ1) is 28.0. The molecule has 38 heavy (non-hydrogen) atoms. The molecule has 3 atom stereocenters. The first-order chi connectivity index (χ1) is 17.8. The van der Waals surface area contributed by atoms with Crippen LogP contribution >= 0.6 is 0 Å². The molecule has 0 spiro atoms. The van der Waals surface area contributed by atoms with Gasteiger partial charge >= 0.3 is 6.09 Å². The van der Waals surface area contributed by atoms with Crippen LogP contribution in [0.2, 0.25) is 0 Å². The summed E-state index contributed by atoms with van der Waals surface area (Å²) < 4.78 is 37.0. The number of aromatic nitrogens is 2. The lowest BCUT2D eigenvalue weighted by Crippen LogP contribution is -2.58. The van der Waals surface area contributed by atoms with E-state index in [4.69, 9.17) is 4.74 Å². The van der Waals surface area contributed by atoms with Crippen LogP contribution in [0.1, 0.15) is 81.6 Å². The number of ether oxygens (including phenoxy) is 1. The molecule has 3 heterocycles. The van der Waals surface area contributed by atoms with Crippen LogP contribution in [0.4, 0.5) is 13.6 Å². The molecule has 4 rings (SSSR count). The van der Waals surface area contributed by atoms with Gasteiger partial charge in [0.2, 0.25) is 0 Å². The number of hydrogen-bond donors (Lipinski definition) is 2. The summed E-state index contributed by atoms with van der Waals surface area (Å²) in [7, 11) is 0. The van der Waals surface area contributed by atoms with Crippen molar-refractivity contribution in [3.63, 3.8) is 0 Å². The molecule has 0 bridgehead atoms. The number of nitrogens with one attached hydrogen (secondary N) is 1. The first-order valence-electron chi connectivity index (χ1n) is 13.0. The van der Waals surface area contributed by atoms with Crippen LogP contribution in [0.15, 0.2) is 18.2 Å². The van der Waals surface area contributed by atoms with Gasteiger partial charge in [-0.05, 0) is 66.2 Å². The second-order valence-corrected chi connectivity index (χ2v) is 11.3. The predicted octanol–water partition coefficient (Wildman–Crippen LogP) is 4.31. The van der Waals surface area contributed by atoms with Gasteiger partial charge in [0.25, 0.3) is 5.91 Å². The van der Waals surface area contributed by atoms with Crippen LogP contribution in [0, 0.1) is 11.6 Å². The number of fused-ring (bicyclic) bond motifs is 1. The maximum absolute atomic E-state index is 14.8. The third kappa shape index (κ3) is 5.40. The Bertz CT molecular complexity index is 1210. The van der Waals surface area contributed by atoms with E-state index in [9.17, 15) is 23.5 Å². The van der Waals surface area contributed by atoms with Crippen LogP contribution in [0.25, 0.3) is 0 Å². The lowest BCUT2D eigenvalue weighted by atomic mass is 9.88. The van der Waals surface area contributed by atoms with Gasteiger partial charge in [-0.1, -0.05) is 0 Å². The molecule has 0 radical (unpaired) electrons. The van der Waals surface area contributed by atoms with E-state index < -0.39 is 35.4 Å². The number of carbonyl (C=O) groups is 2. The van der Waals surface area contributed by atoms with Gasteiger partial charge in [0.1, 0.15) is 17.7 Å². The summed E-state index contributed by atoms with van der Waals surface area (Å²) in [4.78, 5) is 33.2. The van der Waals surface area contributed by atoms with Crippen molar-refractivity contribution in [1.29, 1.82) is 0 Å².